The van der Waals surface area contributed by atoms with Crippen molar-refractivity contribution in [2.45, 2.75) is 45.3 Å². The second-order valence-corrected chi connectivity index (χ2v) is 4.73. The van der Waals surface area contributed by atoms with Crippen LogP contribution in [0.3, 0.4) is 0 Å². The maximum atomic E-state index is 13.9. The Morgan fingerprint density at radius 2 is 2.06 bits per heavy atom. The molecular formula is C13H20Cl2FNO. The molecule has 0 aliphatic carbocycles. The van der Waals surface area contributed by atoms with E-state index in [-0.39, 0.29) is 23.0 Å². The third-order valence-electron chi connectivity index (χ3n) is 2.92. The molecule has 2 atom stereocenters. The van der Waals surface area contributed by atoms with Crippen molar-refractivity contribution in [3.63, 3.8) is 0 Å². The van der Waals surface area contributed by atoms with Crippen molar-refractivity contribution in [3.05, 3.63) is 34.1 Å². The van der Waals surface area contributed by atoms with Crippen LogP contribution in [0.15, 0.2) is 12.1 Å². The predicted octanol–water partition coefficient (Wildman–Crippen LogP) is 3.76. The average molecular weight is 296 g/mol. The zero-order valence-electron chi connectivity index (χ0n) is 10.6. The summed E-state index contributed by atoms with van der Waals surface area (Å²) < 4.78 is 13.9. The molecule has 0 aliphatic rings. The van der Waals surface area contributed by atoms with E-state index in [9.17, 15) is 9.50 Å². The zero-order valence-corrected chi connectivity index (χ0v) is 12.2. The summed E-state index contributed by atoms with van der Waals surface area (Å²) in [5.74, 6) is -0.416. The zero-order chi connectivity index (χ0) is 13.0. The Bertz CT molecular complexity index is 387. The Kier molecular flexibility index (Phi) is 7.79. The minimum atomic E-state index is -0.769. The summed E-state index contributed by atoms with van der Waals surface area (Å²) in [7, 11) is 0. The molecule has 0 saturated heterocycles. The van der Waals surface area contributed by atoms with Gasteiger partial charge in [0, 0.05) is 10.6 Å². The van der Waals surface area contributed by atoms with Gasteiger partial charge >= 0.3 is 0 Å². The van der Waals surface area contributed by atoms with Crippen LogP contribution in [0, 0.1) is 12.7 Å². The first-order chi connectivity index (χ1) is 7.99. The topological polar surface area (TPSA) is 46.2 Å². The van der Waals surface area contributed by atoms with Crippen LogP contribution in [0.4, 0.5) is 4.39 Å². The Labute approximate surface area is 119 Å². The summed E-state index contributed by atoms with van der Waals surface area (Å²) in [6.07, 6.45) is 1.62. The van der Waals surface area contributed by atoms with E-state index < -0.39 is 18.0 Å². The van der Waals surface area contributed by atoms with Crippen molar-refractivity contribution in [2.75, 3.05) is 0 Å². The summed E-state index contributed by atoms with van der Waals surface area (Å²) in [6.45, 7) is 3.68. The molecule has 2 nitrogen and oxygen atoms in total. The number of aliphatic hydroxyl groups excluding tert-OH is 1. The number of nitrogens with two attached hydrogens (primary N) is 1. The number of aliphatic hydroxyl groups is 1. The Morgan fingerprint density at radius 1 is 1.44 bits per heavy atom. The molecule has 0 radical (unpaired) electrons. The molecule has 0 amide bonds. The van der Waals surface area contributed by atoms with Gasteiger partial charge in [-0.25, -0.2) is 4.39 Å². The maximum absolute atomic E-state index is 13.9. The van der Waals surface area contributed by atoms with Crippen molar-refractivity contribution in [2.24, 2.45) is 5.73 Å². The third kappa shape index (κ3) is 4.09. The lowest BCUT2D eigenvalue weighted by Crippen LogP contribution is -2.27. The fourth-order valence-electron chi connectivity index (χ4n) is 1.77. The van der Waals surface area contributed by atoms with Gasteiger partial charge in [0.1, 0.15) is 5.82 Å². The summed E-state index contributed by atoms with van der Waals surface area (Å²) in [6, 6.07) is 2.45. The molecule has 0 heterocycles. The largest absolute Gasteiger partial charge is 0.391 e. The summed E-state index contributed by atoms with van der Waals surface area (Å²) >= 11 is 5.94. The molecule has 1 aromatic rings. The first kappa shape index (κ1) is 17.6. The van der Waals surface area contributed by atoms with Gasteiger partial charge in [0.15, 0.2) is 0 Å². The Balaban J connectivity index is 0.00000289. The van der Waals surface area contributed by atoms with Crippen LogP contribution < -0.4 is 5.73 Å². The SMILES string of the molecule is CCCC[C@@H](O)[C@@H](N)c1c(Cl)ccc(C)c1F.Cl. The minimum Gasteiger partial charge on any atom is -0.391 e. The molecule has 0 aromatic heterocycles. The number of unbranched alkanes of at least 4 members (excludes halogenated alkanes) is 1. The third-order valence-corrected chi connectivity index (χ3v) is 3.25. The van der Waals surface area contributed by atoms with E-state index in [0.717, 1.165) is 12.8 Å². The van der Waals surface area contributed by atoms with E-state index in [4.69, 9.17) is 17.3 Å². The van der Waals surface area contributed by atoms with Gasteiger partial charge in [-0.05, 0) is 25.0 Å². The van der Waals surface area contributed by atoms with Crippen LogP contribution in [0.1, 0.15) is 43.4 Å². The van der Waals surface area contributed by atoms with Crippen LogP contribution in [0.25, 0.3) is 0 Å². The highest BCUT2D eigenvalue weighted by Crippen LogP contribution is 2.29. The van der Waals surface area contributed by atoms with Crippen LogP contribution in [-0.2, 0) is 0 Å². The molecule has 104 valence electrons. The summed E-state index contributed by atoms with van der Waals surface area (Å²) in [5, 5.41) is 10.2. The molecule has 0 fully saturated rings. The first-order valence-electron chi connectivity index (χ1n) is 5.87. The number of hydrogen-bond donors (Lipinski definition) is 2. The lowest BCUT2D eigenvalue weighted by atomic mass is 9.96. The molecule has 0 bridgehead atoms. The molecule has 0 unspecified atom stereocenters. The van der Waals surface area contributed by atoms with E-state index in [0.29, 0.717) is 12.0 Å². The molecule has 1 aromatic carbocycles. The summed E-state index contributed by atoms with van der Waals surface area (Å²) in [4.78, 5) is 0. The lowest BCUT2D eigenvalue weighted by molar-refractivity contribution is 0.131. The van der Waals surface area contributed by atoms with Gasteiger partial charge < -0.3 is 10.8 Å². The van der Waals surface area contributed by atoms with Gasteiger partial charge in [-0.3, -0.25) is 0 Å². The van der Waals surface area contributed by atoms with Gasteiger partial charge in [-0.15, -0.1) is 12.4 Å². The van der Waals surface area contributed by atoms with E-state index in [2.05, 4.69) is 0 Å². The quantitative estimate of drug-likeness (QED) is 0.869. The summed E-state index contributed by atoms with van der Waals surface area (Å²) in [5.41, 5.74) is 6.58. The standard InChI is InChI=1S/C13H19ClFNO.ClH/c1-3-4-5-10(17)13(16)11-9(14)7-6-8(2)12(11)15;/h6-7,10,13,17H,3-5,16H2,1-2H3;1H/t10-,13-;/m1./s1. The number of aryl methyl sites for hydroxylation is 1. The van der Waals surface area contributed by atoms with Crippen LogP contribution in [0.2, 0.25) is 5.02 Å². The highest BCUT2D eigenvalue weighted by atomic mass is 35.5. The fraction of sp³-hybridized carbons (Fsp3) is 0.538. The molecule has 0 aliphatic heterocycles. The van der Waals surface area contributed by atoms with Gasteiger partial charge in [0.25, 0.3) is 0 Å². The second-order valence-electron chi connectivity index (χ2n) is 4.33. The molecule has 0 saturated carbocycles. The van der Waals surface area contributed by atoms with E-state index in [1.165, 1.54) is 0 Å². The molecule has 18 heavy (non-hydrogen) atoms. The first-order valence-corrected chi connectivity index (χ1v) is 6.25. The molecule has 0 spiro atoms. The van der Waals surface area contributed by atoms with Crippen molar-refractivity contribution in [1.29, 1.82) is 0 Å². The molecule has 1 rings (SSSR count). The smallest absolute Gasteiger partial charge is 0.132 e. The highest BCUT2D eigenvalue weighted by Gasteiger charge is 2.23. The monoisotopic (exact) mass is 295 g/mol. The van der Waals surface area contributed by atoms with Crippen LogP contribution >= 0.6 is 24.0 Å². The van der Waals surface area contributed by atoms with Crippen LogP contribution in [-0.4, -0.2) is 11.2 Å². The van der Waals surface area contributed by atoms with E-state index >= 15 is 0 Å². The normalized spacial score (nSPS) is 13.9. The van der Waals surface area contributed by atoms with E-state index in [1.54, 1.807) is 19.1 Å². The Hall–Kier alpha value is -0.350. The van der Waals surface area contributed by atoms with Crippen molar-refractivity contribution >= 4 is 24.0 Å². The van der Waals surface area contributed by atoms with Crippen molar-refractivity contribution in [1.82, 2.24) is 0 Å². The number of hydrogen-bond acceptors (Lipinski definition) is 2. The predicted molar refractivity (Wildman–Crippen MR) is 75.9 cm³/mol. The fourth-order valence-corrected chi connectivity index (χ4v) is 2.04. The lowest BCUT2D eigenvalue weighted by Gasteiger charge is -2.21. The molecule has 3 N–H and O–H groups in total. The average Bonchev–Trinajstić information content (AvgIpc) is 2.31. The van der Waals surface area contributed by atoms with Gasteiger partial charge in [-0.1, -0.05) is 37.4 Å². The van der Waals surface area contributed by atoms with Crippen LogP contribution in [0.5, 0.6) is 0 Å². The van der Waals surface area contributed by atoms with Gasteiger partial charge in [-0.2, -0.15) is 0 Å². The van der Waals surface area contributed by atoms with Crippen molar-refractivity contribution in [3.8, 4) is 0 Å². The van der Waals surface area contributed by atoms with Gasteiger partial charge in [0.05, 0.1) is 12.1 Å². The van der Waals surface area contributed by atoms with Gasteiger partial charge in [0.2, 0.25) is 0 Å². The molecular weight excluding hydrogens is 276 g/mol. The maximum Gasteiger partial charge on any atom is 0.132 e. The molecule has 5 heteroatoms. The highest BCUT2D eigenvalue weighted by molar-refractivity contribution is 6.31. The van der Waals surface area contributed by atoms with E-state index in [1.807, 2.05) is 6.92 Å². The number of halogens is 3. The number of rotatable bonds is 5. The number of benzene rings is 1. The minimum absolute atomic E-state index is 0. The second kappa shape index (κ2) is 7.95. The van der Waals surface area contributed by atoms with Crippen molar-refractivity contribution < 1.29 is 9.50 Å². The Morgan fingerprint density at radius 3 is 2.61 bits per heavy atom.